The zero-order chi connectivity index (χ0) is 11.8. The Kier molecular flexibility index (Phi) is 1.51. The van der Waals surface area contributed by atoms with Crippen LogP contribution < -0.4 is 0 Å². The molecule has 4 nitrogen and oxygen atoms in total. The van der Waals surface area contributed by atoms with Crippen LogP contribution in [0.4, 0.5) is 0 Å². The molecule has 2 aliphatic heterocycles. The molecule has 0 aromatic carbocycles. The molecule has 0 aromatic rings. The summed E-state index contributed by atoms with van der Waals surface area (Å²) < 4.78 is 0. The minimum absolute atomic E-state index is 0.202. The van der Waals surface area contributed by atoms with E-state index in [2.05, 4.69) is 25.8 Å². The van der Waals surface area contributed by atoms with Crippen molar-refractivity contribution in [2.45, 2.75) is 33.6 Å². The number of hydrogen-bond acceptors (Lipinski definition) is 4. The lowest BCUT2D eigenvalue weighted by Crippen LogP contribution is -2.39. The van der Waals surface area contributed by atoms with Gasteiger partial charge in [-0.05, 0) is 18.3 Å². The van der Waals surface area contributed by atoms with Gasteiger partial charge in [0.25, 0.3) is 0 Å². The van der Waals surface area contributed by atoms with Crippen molar-refractivity contribution >= 4 is 17.4 Å². The number of hydrazone groups is 1. The molecule has 2 bridgehead atoms. The average Bonchev–Trinajstić information content (AvgIpc) is 2.85. The fourth-order valence-electron chi connectivity index (χ4n) is 3.99. The lowest BCUT2D eigenvalue weighted by atomic mass is 9.70. The van der Waals surface area contributed by atoms with Gasteiger partial charge in [-0.15, -0.1) is 0 Å². The van der Waals surface area contributed by atoms with Crippen LogP contribution in [0.3, 0.4) is 0 Å². The highest BCUT2D eigenvalue weighted by Gasteiger charge is 2.64. The maximum absolute atomic E-state index is 4.82. The third kappa shape index (κ3) is 0.905. The van der Waals surface area contributed by atoms with Crippen LogP contribution in [0.25, 0.3) is 0 Å². The van der Waals surface area contributed by atoms with Crippen LogP contribution in [0.2, 0.25) is 0 Å². The second-order valence-corrected chi connectivity index (χ2v) is 6.40. The van der Waals surface area contributed by atoms with Crippen LogP contribution in [0.15, 0.2) is 15.1 Å². The molecular weight excluding hydrogens is 212 g/mol. The molecule has 17 heavy (non-hydrogen) atoms. The highest BCUT2D eigenvalue weighted by atomic mass is 15.6. The summed E-state index contributed by atoms with van der Waals surface area (Å²) in [5.41, 5.74) is 2.99. The van der Waals surface area contributed by atoms with Gasteiger partial charge in [-0.25, -0.2) is 15.0 Å². The minimum Gasteiger partial charge on any atom is -0.248 e. The van der Waals surface area contributed by atoms with Gasteiger partial charge in [0.2, 0.25) is 5.96 Å². The maximum Gasteiger partial charge on any atom is 0.241 e. The Bertz CT molecular complexity index is 500. The molecule has 4 heteroatoms. The molecule has 0 spiro atoms. The highest BCUT2D eigenvalue weighted by molar-refractivity contribution is 6.50. The number of guanidine groups is 1. The highest BCUT2D eigenvalue weighted by Crippen LogP contribution is 2.63. The molecule has 2 atom stereocenters. The van der Waals surface area contributed by atoms with E-state index in [-0.39, 0.29) is 5.41 Å². The van der Waals surface area contributed by atoms with Gasteiger partial charge in [0.1, 0.15) is 0 Å². The molecule has 2 fully saturated rings. The van der Waals surface area contributed by atoms with Gasteiger partial charge in [0.05, 0.1) is 24.5 Å². The number of hydrogen-bond donors (Lipinski definition) is 0. The first-order chi connectivity index (χ1) is 8.04. The van der Waals surface area contributed by atoms with E-state index in [4.69, 9.17) is 10.1 Å². The largest absolute Gasteiger partial charge is 0.248 e. The Hall–Kier alpha value is -1.19. The van der Waals surface area contributed by atoms with E-state index in [9.17, 15) is 0 Å². The first-order valence-corrected chi connectivity index (χ1v) is 6.54. The maximum atomic E-state index is 4.82. The molecule has 0 saturated heterocycles. The smallest absolute Gasteiger partial charge is 0.241 e. The van der Waals surface area contributed by atoms with E-state index >= 15 is 0 Å². The van der Waals surface area contributed by atoms with E-state index < -0.39 is 0 Å². The second-order valence-electron chi connectivity index (χ2n) is 6.40. The van der Waals surface area contributed by atoms with Crippen molar-refractivity contribution in [1.29, 1.82) is 0 Å². The number of aliphatic imine (C=N–C) groups is 2. The fraction of sp³-hybridized carbons (Fsp3) is 0.769. The quantitative estimate of drug-likeness (QED) is 0.626. The summed E-state index contributed by atoms with van der Waals surface area (Å²) in [5.74, 6) is 1.43. The van der Waals surface area contributed by atoms with Crippen molar-refractivity contribution in [1.82, 2.24) is 5.01 Å². The molecule has 2 saturated carbocycles. The molecule has 2 unspecified atom stereocenters. The van der Waals surface area contributed by atoms with Crippen LogP contribution in [0, 0.1) is 16.7 Å². The predicted molar refractivity (Wildman–Crippen MR) is 68.5 cm³/mol. The second kappa shape index (κ2) is 2.62. The standard InChI is InChI=1S/C13H18N4/c1-12(2)8-4-5-13(12,3)10-9(8)16-17-7-6-14-11(17)15-10/h8H,4-7H2,1-3H3. The predicted octanol–water partition coefficient (Wildman–Crippen LogP) is 1.92. The zero-order valence-electron chi connectivity index (χ0n) is 10.7. The van der Waals surface area contributed by atoms with E-state index in [1.54, 1.807) is 0 Å². The van der Waals surface area contributed by atoms with Crippen molar-refractivity contribution in [2.75, 3.05) is 13.1 Å². The van der Waals surface area contributed by atoms with Gasteiger partial charge in [-0.1, -0.05) is 20.8 Å². The van der Waals surface area contributed by atoms with E-state index in [1.165, 1.54) is 24.3 Å². The number of fused-ring (bicyclic) bond motifs is 6. The molecule has 0 N–H and O–H groups in total. The van der Waals surface area contributed by atoms with Crippen LogP contribution in [-0.2, 0) is 0 Å². The molecule has 2 aliphatic carbocycles. The molecule has 0 aromatic heterocycles. The summed E-state index contributed by atoms with van der Waals surface area (Å²) in [5, 5.41) is 6.80. The molecule has 2 heterocycles. The molecule has 0 amide bonds. The van der Waals surface area contributed by atoms with Gasteiger partial charge in [0, 0.05) is 11.3 Å². The molecule has 4 aliphatic rings. The molecule has 0 radical (unpaired) electrons. The summed E-state index contributed by atoms with van der Waals surface area (Å²) in [7, 11) is 0. The van der Waals surface area contributed by atoms with Gasteiger partial charge in [0.15, 0.2) is 0 Å². The topological polar surface area (TPSA) is 40.3 Å². The third-order valence-electron chi connectivity index (χ3n) is 5.56. The lowest BCUT2D eigenvalue weighted by Gasteiger charge is -2.34. The lowest BCUT2D eigenvalue weighted by molar-refractivity contribution is 0.208. The van der Waals surface area contributed by atoms with Crippen molar-refractivity contribution in [3.63, 3.8) is 0 Å². The summed E-state index contributed by atoms with van der Waals surface area (Å²) in [4.78, 5) is 9.25. The van der Waals surface area contributed by atoms with Gasteiger partial charge < -0.3 is 0 Å². The first kappa shape index (κ1) is 9.80. The van der Waals surface area contributed by atoms with Crippen LogP contribution in [0.5, 0.6) is 0 Å². The SMILES string of the molecule is CC12CCC(C3=NN4CCN=C4N=C31)C2(C)C. The zero-order valence-corrected chi connectivity index (χ0v) is 10.7. The molecule has 90 valence electrons. The van der Waals surface area contributed by atoms with Gasteiger partial charge in [-0.3, -0.25) is 0 Å². The average molecular weight is 230 g/mol. The Morgan fingerprint density at radius 3 is 2.94 bits per heavy atom. The van der Waals surface area contributed by atoms with E-state index in [0.29, 0.717) is 11.3 Å². The summed E-state index contributed by atoms with van der Waals surface area (Å²) in [6, 6.07) is 0. The number of rotatable bonds is 0. The monoisotopic (exact) mass is 230 g/mol. The Morgan fingerprint density at radius 2 is 2.12 bits per heavy atom. The Morgan fingerprint density at radius 1 is 1.29 bits per heavy atom. The normalized spacial score (nSPS) is 40.8. The molecular formula is C13H18N4. The van der Waals surface area contributed by atoms with E-state index in [0.717, 1.165) is 19.0 Å². The van der Waals surface area contributed by atoms with Crippen molar-refractivity contribution in [3.05, 3.63) is 0 Å². The van der Waals surface area contributed by atoms with Crippen LogP contribution >= 0.6 is 0 Å². The van der Waals surface area contributed by atoms with Crippen molar-refractivity contribution in [2.24, 2.45) is 31.8 Å². The van der Waals surface area contributed by atoms with Crippen LogP contribution in [-0.4, -0.2) is 35.5 Å². The summed E-state index contributed by atoms with van der Waals surface area (Å²) >= 11 is 0. The van der Waals surface area contributed by atoms with Crippen molar-refractivity contribution in [3.8, 4) is 0 Å². The third-order valence-corrected chi connectivity index (χ3v) is 5.56. The van der Waals surface area contributed by atoms with Gasteiger partial charge in [-0.2, -0.15) is 5.10 Å². The van der Waals surface area contributed by atoms with Crippen LogP contribution in [0.1, 0.15) is 33.6 Å². The Balaban J connectivity index is 1.93. The number of nitrogens with zero attached hydrogens (tertiary/aromatic N) is 4. The molecule has 4 rings (SSSR count). The van der Waals surface area contributed by atoms with Crippen molar-refractivity contribution < 1.29 is 0 Å². The summed E-state index contributed by atoms with van der Waals surface area (Å²) in [6.45, 7) is 8.86. The van der Waals surface area contributed by atoms with E-state index in [1.807, 2.05) is 5.01 Å². The Labute approximate surface area is 102 Å². The minimum atomic E-state index is 0.202. The summed E-state index contributed by atoms with van der Waals surface area (Å²) in [6.07, 6.45) is 2.51. The first-order valence-electron chi connectivity index (χ1n) is 6.54. The fourth-order valence-corrected chi connectivity index (χ4v) is 3.99. The van der Waals surface area contributed by atoms with Gasteiger partial charge >= 0.3 is 0 Å².